The second-order valence-corrected chi connectivity index (χ2v) is 3.98. The predicted octanol–water partition coefficient (Wildman–Crippen LogP) is 0.686. The zero-order valence-electron chi connectivity index (χ0n) is 11.5. The van der Waals surface area contributed by atoms with E-state index in [1.165, 1.54) is 19.6 Å². The van der Waals surface area contributed by atoms with E-state index in [9.17, 15) is 0 Å². The number of hydrogen-bond donors (Lipinski definition) is 3. The summed E-state index contributed by atoms with van der Waals surface area (Å²) in [6.07, 6.45) is -0.660. The first-order chi connectivity index (χ1) is 7.47. The topological polar surface area (TPSA) is 55.7 Å². The van der Waals surface area contributed by atoms with E-state index in [1.807, 2.05) is 0 Å². The second-order valence-electron chi connectivity index (χ2n) is 3.98. The van der Waals surface area contributed by atoms with Gasteiger partial charge in [-0.25, -0.2) is 0 Å². The third-order valence-corrected chi connectivity index (χ3v) is 2.22. The molecule has 16 heavy (non-hydrogen) atoms. The molecule has 0 aromatic heterocycles. The van der Waals surface area contributed by atoms with Gasteiger partial charge in [0.1, 0.15) is 0 Å². The molecule has 0 saturated heterocycles. The van der Waals surface area contributed by atoms with Crippen molar-refractivity contribution in [3.63, 3.8) is 0 Å². The van der Waals surface area contributed by atoms with Crippen molar-refractivity contribution in [1.82, 2.24) is 10.2 Å². The molecule has 0 aromatic rings. The molecular weight excluding hydrogens is 204 g/mol. The summed E-state index contributed by atoms with van der Waals surface area (Å²) < 4.78 is 0. The lowest BCUT2D eigenvalue weighted by molar-refractivity contribution is 0.164. The summed E-state index contributed by atoms with van der Waals surface area (Å²) in [5.41, 5.74) is 0. The Balaban J connectivity index is 0. The summed E-state index contributed by atoms with van der Waals surface area (Å²) in [7, 11) is 0. The van der Waals surface area contributed by atoms with E-state index in [0.29, 0.717) is 13.1 Å². The minimum absolute atomic E-state index is 0.330. The summed E-state index contributed by atoms with van der Waals surface area (Å²) in [4.78, 5) is 2.38. The Morgan fingerprint density at radius 3 is 1.31 bits per heavy atom. The molecule has 0 rings (SSSR count). The second kappa shape index (κ2) is 12.9. The van der Waals surface area contributed by atoms with Crippen LogP contribution in [-0.4, -0.2) is 60.0 Å². The highest BCUT2D eigenvalue weighted by atomic mass is 16.3. The number of nitrogens with one attached hydrogen (secondary N) is 1. The van der Waals surface area contributed by atoms with Crippen LogP contribution in [0.5, 0.6) is 0 Å². The summed E-state index contributed by atoms with van der Waals surface area (Å²) in [6, 6.07) is 0. The molecular formula is C12H30N2O2. The van der Waals surface area contributed by atoms with Crippen LogP contribution in [-0.2, 0) is 0 Å². The van der Waals surface area contributed by atoms with Gasteiger partial charge in [-0.2, -0.15) is 0 Å². The molecule has 100 valence electrons. The van der Waals surface area contributed by atoms with E-state index in [-0.39, 0.29) is 12.2 Å². The van der Waals surface area contributed by atoms with Crippen molar-refractivity contribution in [2.75, 3.05) is 32.7 Å². The van der Waals surface area contributed by atoms with Crippen molar-refractivity contribution >= 4 is 0 Å². The highest BCUT2D eigenvalue weighted by Gasteiger charge is 1.96. The molecule has 0 radical (unpaired) electrons. The van der Waals surface area contributed by atoms with Gasteiger partial charge in [0.05, 0.1) is 12.2 Å². The lowest BCUT2D eigenvalue weighted by Gasteiger charge is -2.13. The van der Waals surface area contributed by atoms with E-state index in [4.69, 9.17) is 10.2 Å². The smallest absolute Gasteiger partial charge is 0.0636 e. The largest absolute Gasteiger partial charge is 0.392 e. The van der Waals surface area contributed by atoms with Gasteiger partial charge in [0.15, 0.2) is 0 Å². The zero-order valence-corrected chi connectivity index (χ0v) is 11.5. The molecule has 0 fully saturated rings. The average molecular weight is 234 g/mol. The monoisotopic (exact) mass is 234 g/mol. The predicted molar refractivity (Wildman–Crippen MR) is 69.7 cm³/mol. The van der Waals surface area contributed by atoms with Gasteiger partial charge < -0.3 is 20.4 Å². The molecule has 0 spiro atoms. The molecule has 0 saturated carbocycles. The summed E-state index contributed by atoms with van der Waals surface area (Å²) >= 11 is 0. The molecule has 3 N–H and O–H groups in total. The third kappa shape index (κ3) is 16.3. The van der Waals surface area contributed by atoms with E-state index >= 15 is 0 Å². The van der Waals surface area contributed by atoms with Crippen molar-refractivity contribution in [2.24, 2.45) is 0 Å². The molecule has 0 amide bonds. The van der Waals surface area contributed by atoms with Gasteiger partial charge in [-0.3, -0.25) is 0 Å². The number of aliphatic hydroxyl groups excluding tert-OH is 2. The van der Waals surface area contributed by atoms with Crippen LogP contribution >= 0.6 is 0 Å². The van der Waals surface area contributed by atoms with Crippen LogP contribution in [0.15, 0.2) is 0 Å². The Morgan fingerprint density at radius 2 is 1.19 bits per heavy atom. The highest BCUT2D eigenvalue weighted by Crippen LogP contribution is 1.81. The normalized spacial score (nSPS) is 14.2. The molecule has 4 nitrogen and oxygen atoms in total. The van der Waals surface area contributed by atoms with Crippen LogP contribution in [0.4, 0.5) is 0 Å². The Morgan fingerprint density at radius 1 is 0.875 bits per heavy atom. The Kier molecular flexibility index (Phi) is 14.7. The lowest BCUT2D eigenvalue weighted by atomic mass is 10.3. The lowest BCUT2D eigenvalue weighted by Crippen LogP contribution is -2.30. The van der Waals surface area contributed by atoms with Crippen molar-refractivity contribution in [3.8, 4) is 0 Å². The van der Waals surface area contributed by atoms with Gasteiger partial charge in [0.2, 0.25) is 0 Å². The van der Waals surface area contributed by atoms with Gasteiger partial charge in [-0.1, -0.05) is 20.8 Å². The fraction of sp³-hybridized carbons (Fsp3) is 1.00. The molecule has 2 atom stereocenters. The first kappa shape index (κ1) is 18.2. The van der Waals surface area contributed by atoms with Crippen LogP contribution in [0.2, 0.25) is 0 Å². The van der Waals surface area contributed by atoms with E-state index < -0.39 is 0 Å². The Labute approximate surface area is 101 Å². The van der Waals surface area contributed by atoms with E-state index in [2.05, 4.69) is 31.0 Å². The maximum absolute atomic E-state index is 8.72. The molecule has 0 aliphatic heterocycles. The summed E-state index contributed by atoms with van der Waals surface area (Å²) in [6.45, 7) is 14.6. The van der Waals surface area contributed by atoms with Crippen molar-refractivity contribution in [1.29, 1.82) is 0 Å². The van der Waals surface area contributed by atoms with Crippen molar-refractivity contribution in [2.45, 2.75) is 46.8 Å². The van der Waals surface area contributed by atoms with Crippen molar-refractivity contribution < 1.29 is 10.2 Å². The number of hydrogen-bond acceptors (Lipinski definition) is 4. The molecule has 0 aromatic carbocycles. The van der Waals surface area contributed by atoms with Crippen molar-refractivity contribution in [3.05, 3.63) is 0 Å². The molecule has 0 aliphatic carbocycles. The van der Waals surface area contributed by atoms with Gasteiger partial charge >= 0.3 is 0 Å². The minimum Gasteiger partial charge on any atom is -0.392 e. The van der Waals surface area contributed by atoms with Crippen LogP contribution in [0.25, 0.3) is 0 Å². The molecule has 0 aliphatic rings. The fourth-order valence-electron chi connectivity index (χ4n) is 1.17. The van der Waals surface area contributed by atoms with Crippen LogP contribution < -0.4 is 5.32 Å². The number of aliphatic hydroxyl groups is 2. The van der Waals surface area contributed by atoms with Crippen LogP contribution in [0, 0.1) is 0 Å². The van der Waals surface area contributed by atoms with E-state index in [0.717, 1.165) is 0 Å². The van der Waals surface area contributed by atoms with Crippen LogP contribution in [0.1, 0.15) is 34.6 Å². The molecule has 2 unspecified atom stereocenters. The molecule has 4 heteroatoms. The van der Waals surface area contributed by atoms with Gasteiger partial charge in [-0.05, 0) is 33.5 Å². The van der Waals surface area contributed by atoms with Gasteiger partial charge in [-0.15, -0.1) is 0 Å². The SMILES string of the molecule is CC(O)CNCC(C)O.CCN(CC)CC. The standard InChI is InChI=1S/C6H15NO2.C6H15N/c1-5(8)3-7-4-6(2)9;1-4-7(5-2)6-3/h5-9H,3-4H2,1-2H3;4-6H2,1-3H3. The summed E-state index contributed by atoms with van der Waals surface area (Å²) in [5.74, 6) is 0. The maximum Gasteiger partial charge on any atom is 0.0636 e. The number of rotatable bonds is 7. The van der Waals surface area contributed by atoms with Gasteiger partial charge in [0.25, 0.3) is 0 Å². The Hall–Kier alpha value is -0.160. The molecule has 0 heterocycles. The van der Waals surface area contributed by atoms with Crippen LogP contribution in [0.3, 0.4) is 0 Å². The quantitative estimate of drug-likeness (QED) is 0.606. The highest BCUT2D eigenvalue weighted by molar-refractivity contribution is 4.55. The first-order valence-corrected chi connectivity index (χ1v) is 6.26. The Bertz CT molecular complexity index is 113. The molecule has 0 bridgehead atoms. The number of nitrogens with zero attached hydrogens (tertiary/aromatic N) is 1. The summed E-state index contributed by atoms with van der Waals surface area (Å²) in [5, 5.41) is 20.3. The third-order valence-electron chi connectivity index (χ3n) is 2.22. The van der Waals surface area contributed by atoms with Gasteiger partial charge in [0, 0.05) is 13.1 Å². The van der Waals surface area contributed by atoms with E-state index in [1.54, 1.807) is 13.8 Å². The first-order valence-electron chi connectivity index (χ1n) is 6.26. The minimum atomic E-state index is -0.330. The average Bonchev–Trinajstić information content (AvgIpc) is 2.20. The fourth-order valence-corrected chi connectivity index (χ4v) is 1.17. The maximum atomic E-state index is 8.72. The zero-order chi connectivity index (χ0) is 13.0.